The van der Waals surface area contributed by atoms with Crippen molar-refractivity contribution in [1.29, 1.82) is 5.26 Å². The summed E-state index contributed by atoms with van der Waals surface area (Å²) >= 11 is 1.63. The Balaban J connectivity index is 1.82. The lowest BCUT2D eigenvalue weighted by Gasteiger charge is -2.31. The van der Waals surface area contributed by atoms with Crippen LogP contribution in [0, 0.1) is 11.3 Å². The van der Waals surface area contributed by atoms with Crippen molar-refractivity contribution in [3.63, 3.8) is 0 Å². The van der Waals surface area contributed by atoms with E-state index >= 15 is 0 Å². The maximum atomic E-state index is 12.6. The van der Waals surface area contributed by atoms with Crippen LogP contribution in [-0.2, 0) is 4.79 Å². The van der Waals surface area contributed by atoms with Crippen LogP contribution < -0.4 is 5.32 Å². The number of carbonyl (C=O) groups excluding carboxylic acids is 1. The zero-order valence-corrected chi connectivity index (χ0v) is 14.8. The van der Waals surface area contributed by atoms with Gasteiger partial charge in [-0.15, -0.1) is 11.3 Å². The van der Waals surface area contributed by atoms with E-state index in [2.05, 4.69) is 35.0 Å². The van der Waals surface area contributed by atoms with Crippen molar-refractivity contribution in [2.45, 2.75) is 32.1 Å². The molecule has 0 amide bonds. The molecule has 1 aliphatic heterocycles. The lowest BCUT2D eigenvalue weighted by molar-refractivity contribution is -0.116. The zero-order chi connectivity index (χ0) is 17.4. The zero-order valence-electron chi connectivity index (χ0n) is 14.0. The molecule has 1 N–H and O–H groups in total. The maximum Gasteiger partial charge on any atom is 0.161 e. The Morgan fingerprint density at radius 2 is 2.00 bits per heavy atom. The van der Waals surface area contributed by atoms with Gasteiger partial charge in [0.15, 0.2) is 5.78 Å². The summed E-state index contributed by atoms with van der Waals surface area (Å²) in [4.78, 5) is 13.7. The van der Waals surface area contributed by atoms with Crippen molar-refractivity contribution in [1.82, 2.24) is 5.32 Å². The Kier molecular flexibility index (Phi) is 4.03. The van der Waals surface area contributed by atoms with Crippen molar-refractivity contribution in [2.24, 2.45) is 0 Å². The SMILES string of the molecule is CC1=C(C#N)[C@@H](c2cc(-c3ccccc3)cs2)C2=C(CCCC2=O)N1. The van der Waals surface area contributed by atoms with Gasteiger partial charge >= 0.3 is 0 Å². The van der Waals surface area contributed by atoms with Gasteiger partial charge in [-0.05, 0) is 42.3 Å². The predicted octanol–water partition coefficient (Wildman–Crippen LogP) is 4.91. The molecule has 3 nitrogen and oxygen atoms in total. The number of allylic oxidation sites excluding steroid dienone is 4. The molecule has 0 fully saturated rings. The smallest absolute Gasteiger partial charge is 0.161 e. The van der Waals surface area contributed by atoms with Gasteiger partial charge in [0.1, 0.15) is 0 Å². The van der Waals surface area contributed by atoms with Gasteiger partial charge in [0.05, 0.1) is 17.6 Å². The monoisotopic (exact) mass is 346 g/mol. The Bertz CT molecular complexity index is 944. The molecule has 0 unspecified atom stereocenters. The second kappa shape index (κ2) is 6.34. The summed E-state index contributed by atoms with van der Waals surface area (Å²) in [7, 11) is 0. The highest BCUT2D eigenvalue weighted by Gasteiger charge is 2.36. The van der Waals surface area contributed by atoms with Crippen molar-refractivity contribution in [3.05, 3.63) is 69.2 Å². The van der Waals surface area contributed by atoms with Crippen LogP contribution in [0.4, 0.5) is 0 Å². The average Bonchev–Trinajstić information content (AvgIpc) is 3.11. The van der Waals surface area contributed by atoms with Gasteiger partial charge in [0.25, 0.3) is 0 Å². The van der Waals surface area contributed by atoms with Gasteiger partial charge < -0.3 is 5.32 Å². The van der Waals surface area contributed by atoms with Crippen molar-refractivity contribution < 1.29 is 4.79 Å². The third kappa shape index (κ3) is 2.71. The highest BCUT2D eigenvalue weighted by atomic mass is 32.1. The van der Waals surface area contributed by atoms with Crippen LogP contribution in [0.1, 0.15) is 37.0 Å². The quantitative estimate of drug-likeness (QED) is 0.841. The van der Waals surface area contributed by atoms with Crippen LogP contribution in [0.3, 0.4) is 0 Å². The molecule has 1 aliphatic carbocycles. The number of hydrogen-bond donors (Lipinski definition) is 1. The molecule has 124 valence electrons. The lowest BCUT2D eigenvalue weighted by Crippen LogP contribution is -2.30. The number of hydrogen-bond acceptors (Lipinski definition) is 4. The maximum absolute atomic E-state index is 12.6. The first kappa shape index (κ1) is 15.9. The standard InChI is InChI=1S/C21H18N2OS/c1-13-16(11-22)20(21-17(23-13)8-5-9-18(21)24)19-10-15(12-25-19)14-6-3-2-4-7-14/h2-4,6-7,10,12,20,23H,5,8-9H2,1H3/t20-/m0/s1. The van der Waals surface area contributed by atoms with E-state index in [9.17, 15) is 10.1 Å². The molecule has 4 heteroatoms. The fraction of sp³-hybridized carbons (Fsp3) is 0.238. The summed E-state index contributed by atoms with van der Waals surface area (Å²) in [5.74, 6) is -0.0508. The molecular weight excluding hydrogens is 328 g/mol. The molecule has 2 aromatic rings. The predicted molar refractivity (Wildman–Crippen MR) is 99.8 cm³/mol. The molecule has 0 radical (unpaired) electrons. The number of dihydropyridines is 1. The molecule has 25 heavy (non-hydrogen) atoms. The number of carbonyl (C=O) groups is 1. The van der Waals surface area contributed by atoms with Crippen molar-refractivity contribution in [2.75, 3.05) is 0 Å². The highest BCUT2D eigenvalue weighted by Crippen LogP contribution is 2.44. The molecule has 4 rings (SSSR count). The second-order valence-corrected chi connectivity index (χ2v) is 7.42. The van der Waals surface area contributed by atoms with Crippen LogP contribution in [0.5, 0.6) is 0 Å². The summed E-state index contributed by atoms with van der Waals surface area (Å²) in [5.41, 5.74) is 5.63. The Morgan fingerprint density at radius 1 is 1.20 bits per heavy atom. The number of nitriles is 1. The third-order valence-electron chi connectivity index (χ3n) is 4.91. The Hall–Kier alpha value is -2.64. The molecule has 0 bridgehead atoms. The molecule has 1 aromatic carbocycles. The van der Waals surface area contributed by atoms with Gasteiger partial charge in [-0.25, -0.2) is 0 Å². The van der Waals surface area contributed by atoms with Crippen LogP contribution in [0.2, 0.25) is 0 Å². The topological polar surface area (TPSA) is 52.9 Å². The average molecular weight is 346 g/mol. The van der Waals surface area contributed by atoms with Crippen LogP contribution in [0.25, 0.3) is 11.1 Å². The van der Waals surface area contributed by atoms with Crippen LogP contribution in [-0.4, -0.2) is 5.78 Å². The van der Waals surface area contributed by atoms with Gasteiger partial charge in [-0.1, -0.05) is 30.3 Å². The van der Waals surface area contributed by atoms with Crippen LogP contribution >= 0.6 is 11.3 Å². The minimum absolute atomic E-state index is 0.175. The van der Waals surface area contributed by atoms with Crippen molar-refractivity contribution >= 4 is 17.1 Å². The van der Waals surface area contributed by atoms with E-state index in [-0.39, 0.29) is 11.7 Å². The van der Waals surface area contributed by atoms with Gasteiger partial charge in [-0.3, -0.25) is 4.79 Å². The van der Waals surface area contributed by atoms with Gasteiger partial charge in [0, 0.05) is 28.3 Å². The van der Waals surface area contributed by atoms with E-state index in [0.29, 0.717) is 12.0 Å². The van der Waals surface area contributed by atoms with E-state index in [4.69, 9.17) is 0 Å². The highest BCUT2D eigenvalue weighted by molar-refractivity contribution is 7.10. The Labute approximate surface area is 151 Å². The van der Waals surface area contributed by atoms with E-state index in [0.717, 1.165) is 45.8 Å². The fourth-order valence-electron chi connectivity index (χ4n) is 3.70. The number of Topliss-reactive ketones (excluding diaryl/α,β-unsaturated/α-hetero) is 1. The minimum Gasteiger partial charge on any atom is -0.361 e. The molecule has 0 saturated heterocycles. The number of thiophene rings is 1. The summed E-state index contributed by atoms with van der Waals surface area (Å²) < 4.78 is 0. The summed E-state index contributed by atoms with van der Waals surface area (Å²) in [6.07, 6.45) is 2.34. The molecule has 1 atom stereocenters. The van der Waals surface area contributed by atoms with E-state index < -0.39 is 0 Å². The largest absolute Gasteiger partial charge is 0.361 e. The summed E-state index contributed by atoms with van der Waals surface area (Å²) in [5, 5.41) is 15.1. The number of nitrogens with zero attached hydrogens (tertiary/aromatic N) is 1. The normalized spacial score (nSPS) is 20.2. The molecule has 0 saturated carbocycles. The van der Waals surface area contributed by atoms with Gasteiger partial charge in [-0.2, -0.15) is 5.26 Å². The minimum atomic E-state index is -0.225. The Morgan fingerprint density at radius 3 is 2.76 bits per heavy atom. The van der Waals surface area contributed by atoms with Gasteiger partial charge in [0.2, 0.25) is 0 Å². The molecule has 0 spiro atoms. The van der Waals surface area contributed by atoms with E-state index in [1.807, 2.05) is 25.1 Å². The first-order chi connectivity index (χ1) is 12.2. The van der Waals surface area contributed by atoms with Crippen molar-refractivity contribution in [3.8, 4) is 17.2 Å². The molecule has 2 heterocycles. The number of ketones is 1. The fourth-order valence-corrected chi connectivity index (χ4v) is 4.74. The molecule has 1 aromatic heterocycles. The number of benzene rings is 1. The first-order valence-corrected chi connectivity index (χ1v) is 9.35. The number of rotatable bonds is 2. The van der Waals surface area contributed by atoms with E-state index in [1.54, 1.807) is 11.3 Å². The van der Waals surface area contributed by atoms with Crippen LogP contribution in [0.15, 0.2) is 64.3 Å². The molecule has 2 aliphatic rings. The number of nitrogens with one attached hydrogen (secondary N) is 1. The lowest BCUT2D eigenvalue weighted by atomic mass is 9.78. The summed E-state index contributed by atoms with van der Waals surface area (Å²) in [6.45, 7) is 1.93. The summed E-state index contributed by atoms with van der Waals surface area (Å²) in [6, 6.07) is 14.7. The second-order valence-electron chi connectivity index (χ2n) is 6.48. The molecular formula is C21H18N2OS. The first-order valence-electron chi connectivity index (χ1n) is 8.47. The van der Waals surface area contributed by atoms with E-state index in [1.165, 1.54) is 0 Å². The third-order valence-corrected chi connectivity index (χ3v) is 5.91.